The molecule has 1 aromatic heterocycles. The van der Waals surface area contributed by atoms with Gasteiger partial charge in [-0.2, -0.15) is 0 Å². The van der Waals surface area contributed by atoms with Gasteiger partial charge in [-0.05, 0) is 59.1 Å². The fraction of sp³-hybridized carbons (Fsp3) is 0.120. The van der Waals surface area contributed by atoms with Crippen LogP contribution in [-0.4, -0.2) is 17.4 Å². The van der Waals surface area contributed by atoms with Gasteiger partial charge in [0, 0.05) is 6.54 Å². The Morgan fingerprint density at radius 2 is 1.67 bits per heavy atom. The predicted octanol–water partition coefficient (Wildman–Crippen LogP) is 4.46. The Balaban J connectivity index is 1.28. The number of carbonyl (C=O) groups is 1. The molecule has 0 bridgehead atoms. The Morgan fingerprint density at radius 3 is 2.43 bits per heavy atom. The Hall–Kier alpha value is -3.70. The smallest absolute Gasteiger partial charge is 0.267 e. The lowest BCUT2D eigenvalue weighted by Gasteiger charge is -2.09. The average Bonchev–Trinajstić information content (AvgIpc) is 2.78. The summed E-state index contributed by atoms with van der Waals surface area (Å²) in [6.45, 7) is 1.70. The van der Waals surface area contributed by atoms with Crippen LogP contribution in [0.15, 0.2) is 85.1 Å². The van der Waals surface area contributed by atoms with Crippen molar-refractivity contribution in [3.05, 3.63) is 102 Å². The lowest BCUT2D eigenvalue weighted by molar-refractivity contribution is 0.0995. The molecule has 3 aromatic carbocycles. The normalized spacial score (nSPS) is 10.8. The number of primary amides is 1. The summed E-state index contributed by atoms with van der Waals surface area (Å²) >= 11 is 0. The van der Waals surface area contributed by atoms with Crippen LogP contribution in [0.25, 0.3) is 10.8 Å². The van der Waals surface area contributed by atoms with Gasteiger partial charge in [0.2, 0.25) is 0 Å². The van der Waals surface area contributed by atoms with Crippen molar-refractivity contribution in [1.29, 1.82) is 0 Å². The van der Waals surface area contributed by atoms with Crippen LogP contribution in [0.4, 0.5) is 0 Å². The lowest BCUT2D eigenvalue weighted by atomic mass is 10.0. The van der Waals surface area contributed by atoms with Crippen LogP contribution in [0.2, 0.25) is 0 Å². The number of amides is 1. The number of pyridine rings is 1. The molecule has 0 atom stereocenters. The summed E-state index contributed by atoms with van der Waals surface area (Å²) in [5.74, 6) is 0.711. The van der Waals surface area contributed by atoms with Crippen LogP contribution < -0.4 is 15.8 Å². The van der Waals surface area contributed by atoms with E-state index in [1.807, 2.05) is 24.3 Å². The standard InChI is InChI=1S/C25H23N3O2/c26-25(29)24-13-12-22(17-28-24)30-21-10-8-18(9-11-21)16-27-15-14-20-6-3-5-19-4-1-2-7-23(19)20/h1-13,17,27H,14-16H2,(H2,26,29). The molecular weight excluding hydrogens is 374 g/mol. The summed E-state index contributed by atoms with van der Waals surface area (Å²) in [5.41, 5.74) is 7.95. The molecule has 1 amide bonds. The van der Waals surface area contributed by atoms with E-state index in [1.165, 1.54) is 28.1 Å². The summed E-state index contributed by atoms with van der Waals surface area (Å²) < 4.78 is 5.76. The first-order valence-corrected chi connectivity index (χ1v) is 9.89. The maximum absolute atomic E-state index is 11.1. The number of nitrogens with one attached hydrogen (secondary N) is 1. The third-order valence-corrected chi connectivity index (χ3v) is 4.93. The van der Waals surface area contributed by atoms with Crippen molar-refractivity contribution in [2.24, 2.45) is 5.73 Å². The number of rotatable bonds is 8. The van der Waals surface area contributed by atoms with E-state index in [9.17, 15) is 4.79 Å². The van der Waals surface area contributed by atoms with Gasteiger partial charge in [0.15, 0.2) is 0 Å². The molecule has 4 rings (SSSR count). The van der Waals surface area contributed by atoms with Gasteiger partial charge in [0.1, 0.15) is 17.2 Å². The van der Waals surface area contributed by atoms with Crippen LogP contribution in [0.3, 0.4) is 0 Å². The van der Waals surface area contributed by atoms with Crippen LogP contribution in [0.1, 0.15) is 21.6 Å². The van der Waals surface area contributed by atoms with E-state index in [-0.39, 0.29) is 5.69 Å². The van der Waals surface area contributed by atoms with Gasteiger partial charge in [0.05, 0.1) is 6.20 Å². The number of nitrogens with zero attached hydrogens (tertiary/aromatic N) is 1. The molecule has 30 heavy (non-hydrogen) atoms. The molecule has 3 N–H and O–H groups in total. The molecule has 0 aliphatic rings. The highest BCUT2D eigenvalue weighted by Gasteiger charge is 2.04. The highest BCUT2D eigenvalue weighted by atomic mass is 16.5. The predicted molar refractivity (Wildman–Crippen MR) is 119 cm³/mol. The molecule has 0 radical (unpaired) electrons. The monoisotopic (exact) mass is 397 g/mol. The van der Waals surface area contributed by atoms with Crippen molar-refractivity contribution in [3.8, 4) is 11.5 Å². The highest BCUT2D eigenvalue weighted by molar-refractivity contribution is 5.90. The van der Waals surface area contributed by atoms with Gasteiger partial charge < -0.3 is 15.8 Å². The Labute approximate surface area is 175 Å². The fourth-order valence-electron chi connectivity index (χ4n) is 3.36. The van der Waals surface area contributed by atoms with E-state index < -0.39 is 5.91 Å². The number of ether oxygens (including phenoxy) is 1. The molecule has 0 aliphatic carbocycles. The molecule has 0 saturated carbocycles. The number of carbonyl (C=O) groups excluding carboxylic acids is 1. The highest BCUT2D eigenvalue weighted by Crippen LogP contribution is 2.21. The van der Waals surface area contributed by atoms with Crippen LogP contribution in [0, 0.1) is 0 Å². The minimum atomic E-state index is -0.557. The van der Waals surface area contributed by atoms with E-state index in [0.29, 0.717) is 11.5 Å². The van der Waals surface area contributed by atoms with Gasteiger partial charge in [-0.25, -0.2) is 4.98 Å². The zero-order valence-corrected chi connectivity index (χ0v) is 16.5. The second-order valence-corrected chi connectivity index (χ2v) is 7.05. The molecule has 0 unspecified atom stereocenters. The molecule has 0 aliphatic heterocycles. The molecule has 0 saturated heterocycles. The average molecular weight is 397 g/mol. The van der Waals surface area contributed by atoms with Crippen molar-refractivity contribution in [2.45, 2.75) is 13.0 Å². The third-order valence-electron chi connectivity index (χ3n) is 4.93. The van der Waals surface area contributed by atoms with Crippen molar-refractivity contribution < 1.29 is 9.53 Å². The second-order valence-electron chi connectivity index (χ2n) is 7.05. The van der Waals surface area contributed by atoms with E-state index in [2.05, 4.69) is 52.8 Å². The van der Waals surface area contributed by atoms with E-state index in [4.69, 9.17) is 10.5 Å². The van der Waals surface area contributed by atoms with Gasteiger partial charge in [-0.1, -0.05) is 54.6 Å². The topological polar surface area (TPSA) is 77.2 Å². The molecule has 0 fully saturated rings. The Bertz CT molecular complexity index is 1130. The lowest BCUT2D eigenvalue weighted by Crippen LogP contribution is -2.16. The third kappa shape index (κ3) is 4.82. The largest absolute Gasteiger partial charge is 0.456 e. The number of hydrogen-bond donors (Lipinski definition) is 2. The molecular formula is C25H23N3O2. The summed E-state index contributed by atoms with van der Waals surface area (Å²) in [6.07, 6.45) is 2.47. The van der Waals surface area contributed by atoms with Crippen molar-refractivity contribution in [3.63, 3.8) is 0 Å². The SMILES string of the molecule is NC(=O)c1ccc(Oc2ccc(CNCCc3cccc4ccccc34)cc2)cn1. The number of fused-ring (bicyclic) bond motifs is 1. The Morgan fingerprint density at radius 1 is 0.900 bits per heavy atom. The first-order chi connectivity index (χ1) is 14.7. The minimum absolute atomic E-state index is 0.215. The number of aromatic nitrogens is 1. The van der Waals surface area contributed by atoms with Gasteiger partial charge >= 0.3 is 0 Å². The summed E-state index contributed by atoms with van der Waals surface area (Å²) in [5, 5.41) is 6.11. The van der Waals surface area contributed by atoms with Crippen molar-refractivity contribution >= 4 is 16.7 Å². The molecule has 1 heterocycles. The summed E-state index contributed by atoms with van der Waals surface area (Å²) in [6, 6.07) is 26.1. The van der Waals surface area contributed by atoms with Crippen LogP contribution >= 0.6 is 0 Å². The maximum Gasteiger partial charge on any atom is 0.267 e. The zero-order chi connectivity index (χ0) is 20.8. The number of hydrogen-bond acceptors (Lipinski definition) is 4. The van der Waals surface area contributed by atoms with E-state index >= 15 is 0 Å². The van der Waals surface area contributed by atoms with Gasteiger partial charge in [-0.3, -0.25) is 4.79 Å². The summed E-state index contributed by atoms with van der Waals surface area (Å²) in [4.78, 5) is 15.0. The zero-order valence-electron chi connectivity index (χ0n) is 16.5. The molecule has 0 spiro atoms. The first-order valence-electron chi connectivity index (χ1n) is 9.89. The summed E-state index contributed by atoms with van der Waals surface area (Å²) in [7, 11) is 0. The quantitative estimate of drug-likeness (QED) is 0.431. The number of benzene rings is 3. The molecule has 150 valence electrons. The second kappa shape index (κ2) is 9.20. The molecule has 5 heteroatoms. The van der Waals surface area contributed by atoms with Crippen LogP contribution in [0.5, 0.6) is 11.5 Å². The number of nitrogens with two attached hydrogens (primary N) is 1. The van der Waals surface area contributed by atoms with Crippen molar-refractivity contribution in [2.75, 3.05) is 6.54 Å². The van der Waals surface area contributed by atoms with Crippen molar-refractivity contribution in [1.82, 2.24) is 10.3 Å². The van der Waals surface area contributed by atoms with E-state index in [1.54, 1.807) is 12.1 Å². The first kappa shape index (κ1) is 19.6. The minimum Gasteiger partial charge on any atom is -0.456 e. The van der Waals surface area contributed by atoms with E-state index in [0.717, 1.165) is 19.5 Å². The fourth-order valence-corrected chi connectivity index (χ4v) is 3.36. The molecule has 5 nitrogen and oxygen atoms in total. The van der Waals surface area contributed by atoms with Crippen LogP contribution in [-0.2, 0) is 13.0 Å². The Kier molecular flexibility index (Phi) is 6.01. The van der Waals surface area contributed by atoms with Gasteiger partial charge in [0.25, 0.3) is 5.91 Å². The maximum atomic E-state index is 11.1. The van der Waals surface area contributed by atoms with Gasteiger partial charge in [-0.15, -0.1) is 0 Å². The molecule has 4 aromatic rings.